The molecular formula is C21H37N5O2. The molecule has 7 nitrogen and oxygen atoms in total. The lowest BCUT2D eigenvalue weighted by molar-refractivity contribution is -0.130. The average molecular weight is 392 g/mol. The van der Waals surface area contributed by atoms with Crippen molar-refractivity contribution >= 4 is 11.9 Å². The van der Waals surface area contributed by atoms with Gasteiger partial charge < -0.3 is 20.0 Å². The first-order valence-electron chi connectivity index (χ1n) is 10.6. The Morgan fingerprint density at radius 1 is 1.29 bits per heavy atom. The van der Waals surface area contributed by atoms with Crippen molar-refractivity contribution in [2.75, 3.05) is 40.3 Å². The molecule has 3 aliphatic rings. The van der Waals surface area contributed by atoms with Crippen molar-refractivity contribution in [1.29, 1.82) is 5.26 Å². The fraction of sp³-hybridized carbons (Fsp3) is 0.857. The molecule has 1 unspecified atom stereocenters. The highest BCUT2D eigenvalue weighted by atomic mass is 16.2. The number of rotatable bonds is 3. The second-order valence-corrected chi connectivity index (χ2v) is 9.08. The molecule has 0 spiro atoms. The zero-order valence-corrected chi connectivity index (χ0v) is 18.4. The third-order valence-corrected chi connectivity index (χ3v) is 6.51. The second-order valence-electron chi connectivity index (χ2n) is 9.08. The van der Waals surface area contributed by atoms with Crippen LogP contribution in [0.25, 0.3) is 0 Å². The van der Waals surface area contributed by atoms with E-state index in [9.17, 15) is 9.59 Å². The molecule has 0 aromatic rings. The van der Waals surface area contributed by atoms with Gasteiger partial charge >= 0.3 is 6.03 Å². The van der Waals surface area contributed by atoms with E-state index in [0.717, 1.165) is 38.8 Å². The maximum Gasteiger partial charge on any atom is 0.319 e. The zero-order valence-electron chi connectivity index (χ0n) is 18.4. The van der Waals surface area contributed by atoms with Crippen molar-refractivity contribution in [3.63, 3.8) is 0 Å². The van der Waals surface area contributed by atoms with E-state index in [1.54, 1.807) is 23.9 Å². The normalized spacial score (nSPS) is 33.8. The predicted molar refractivity (Wildman–Crippen MR) is 110 cm³/mol. The van der Waals surface area contributed by atoms with Gasteiger partial charge in [0.2, 0.25) is 5.91 Å². The first-order chi connectivity index (χ1) is 13.2. The third-order valence-electron chi connectivity index (χ3n) is 6.51. The summed E-state index contributed by atoms with van der Waals surface area (Å²) >= 11 is 0. The van der Waals surface area contributed by atoms with E-state index in [4.69, 9.17) is 5.26 Å². The number of fused-ring (bicyclic) bond motifs is 1. The second kappa shape index (κ2) is 8.69. The monoisotopic (exact) mass is 391 g/mol. The molecule has 2 saturated heterocycles. The van der Waals surface area contributed by atoms with Gasteiger partial charge in [-0.05, 0) is 43.9 Å². The lowest BCUT2D eigenvalue weighted by Crippen LogP contribution is -2.49. The summed E-state index contributed by atoms with van der Waals surface area (Å²) in [6, 6.07) is 2.06. The Morgan fingerprint density at radius 3 is 2.54 bits per heavy atom. The van der Waals surface area contributed by atoms with Crippen molar-refractivity contribution in [3.05, 3.63) is 0 Å². The Bertz CT molecular complexity index is 631. The number of nitrogens with one attached hydrogen (secondary N) is 1. The molecule has 3 amide bonds. The highest BCUT2D eigenvalue weighted by Gasteiger charge is 2.55. The molecule has 0 bridgehead atoms. The van der Waals surface area contributed by atoms with Gasteiger partial charge in [-0.25, -0.2) is 4.79 Å². The molecule has 2 aliphatic heterocycles. The first-order valence-corrected chi connectivity index (χ1v) is 10.6. The van der Waals surface area contributed by atoms with E-state index < -0.39 is 0 Å². The Balaban J connectivity index is 0.00000136. The highest BCUT2D eigenvalue weighted by molar-refractivity contribution is 5.79. The summed E-state index contributed by atoms with van der Waals surface area (Å²) in [6.07, 6.45) is 3.62. The van der Waals surface area contributed by atoms with Crippen molar-refractivity contribution < 1.29 is 9.59 Å². The van der Waals surface area contributed by atoms with Crippen LogP contribution in [0.3, 0.4) is 0 Å². The molecular weight excluding hydrogens is 354 g/mol. The lowest BCUT2D eigenvalue weighted by Gasteiger charge is -2.32. The summed E-state index contributed by atoms with van der Waals surface area (Å²) in [5.74, 6) is 0.486. The van der Waals surface area contributed by atoms with Crippen LogP contribution in [0, 0.1) is 22.7 Å². The number of urea groups is 1. The number of carbonyl (C=O) groups is 2. The molecule has 1 N–H and O–H groups in total. The van der Waals surface area contributed by atoms with E-state index in [2.05, 4.69) is 25.2 Å². The Kier molecular flexibility index (Phi) is 6.97. The van der Waals surface area contributed by atoms with Gasteiger partial charge in [0.15, 0.2) is 0 Å². The van der Waals surface area contributed by atoms with Crippen molar-refractivity contribution in [1.82, 2.24) is 20.0 Å². The third kappa shape index (κ3) is 4.43. The maximum absolute atomic E-state index is 12.5. The van der Waals surface area contributed by atoms with E-state index >= 15 is 0 Å². The smallest absolute Gasteiger partial charge is 0.319 e. The summed E-state index contributed by atoms with van der Waals surface area (Å²) < 4.78 is 0. The van der Waals surface area contributed by atoms with Crippen molar-refractivity contribution in [2.24, 2.45) is 11.3 Å². The van der Waals surface area contributed by atoms with E-state index in [0.29, 0.717) is 12.5 Å². The van der Waals surface area contributed by atoms with Crippen LogP contribution in [0.5, 0.6) is 0 Å². The lowest BCUT2D eigenvalue weighted by atomic mass is 9.82. The van der Waals surface area contributed by atoms with Gasteiger partial charge in [0.05, 0.1) is 12.6 Å². The molecule has 28 heavy (non-hydrogen) atoms. The highest BCUT2D eigenvalue weighted by Crippen LogP contribution is 2.52. The quantitative estimate of drug-likeness (QED) is 0.800. The maximum atomic E-state index is 12.5. The van der Waals surface area contributed by atoms with E-state index in [1.807, 2.05) is 18.7 Å². The van der Waals surface area contributed by atoms with Crippen LogP contribution in [-0.2, 0) is 4.79 Å². The van der Waals surface area contributed by atoms with Gasteiger partial charge in [0.25, 0.3) is 0 Å². The first kappa shape index (κ1) is 22.5. The van der Waals surface area contributed by atoms with Crippen molar-refractivity contribution in [3.8, 4) is 6.07 Å². The van der Waals surface area contributed by atoms with Crippen LogP contribution in [-0.4, -0.2) is 78.5 Å². The Labute approximate surface area is 170 Å². The molecule has 0 aromatic carbocycles. The molecule has 0 aromatic heterocycles. The molecule has 7 heteroatoms. The molecule has 3 rings (SSSR count). The van der Waals surface area contributed by atoms with Crippen LogP contribution in [0.2, 0.25) is 0 Å². The average Bonchev–Trinajstić information content (AvgIpc) is 3.31. The Morgan fingerprint density at radius 2 is 1.96 bits per heavy atom. The predicted octanol–water partition coefficient (Wildman–Crippen LogP) is 2.29. The van der Waals surface area contributed by atoms with Gasteiger partial charge in [-0.3, -0.25) is 4.79 Å². The molecule has 1 saturated carbocycles. The van der Waals surface area contributed by atoms with Crippen LogP contribution in [0.1, 0.15) is 53.4 Å². The fourth-order valence-corrected chi connectivity index (χ4v) is 5.29. The van der Waals surface area contributed by atoms with Gasteiger partial charge in [0.1, 0.15) is 6.04 Å². The van der Waals surface area contributed by atoms with Crippen molar-refractivity contribution in [2.45, 2.75) is 65.0 Å². The number of nitrogens with zero attached hydrogens (tertiary/aromatic N) is 4. The van der Waals surface area contributed by atoms with Gasteiger partial charge in [-0.15, -0.1) is 0 Å². The Hall–Kier alpha value is -1.81. The topological polar surface area (TPSA) is 79.7 Å². The molecule has 2 heterocycles. The standard InChI is InChI=1S/C19H31N5O2.C2H6/c1-18-12-19(2,8-14(18)11-23(13-18)17(26)22(3)4)21-10-16(25)24-7-5-6-15(24)9-20;1-2/h14-15,21H,5-8,10-13H2,1-4H3;1-2H3/t14-,15?,18+,19-;/m0./s1. The number of carbonyl (C=O) groups excluding carboxylic acids is 2. The summed E-state index contributed by atoms with van der Waals surface area (Å²) in [6.45, 7) is 11.0. The van der Waals surface area contributed by atoms with Crippen LogP contribution in [0.4, 0.5) is 4.79 Å². The number of hydrogen-bond acceptors (Lipinski definition) is 4. The summed E-state index contributed by atoms with van der Waals surface area (Å²) in [5.41, 5.74) is 0.00347. The van der Waals surface area contributed by atoms with Crippen LogP contribution < -0.4 is 5.32 Å². The molecule has 1 aliphatic carbocycles. The van der Waals surface area contributed by atoms with Crippen LogP contribution in [0.15, 0.2) is 0 Å². The SMILES string of the molecule is CC.CN(C)C(=O)N1C[C@@H]2C[C@](C)(NCC(=O)N3CCCC3C#N)C[C@]2(C)C1. The van der Waals surface area contributed by atoms with E-state index in [1.165, 1.54) is 0 Å². The van der Waals surface area contributed by atoms with Gasteiger partial charge in [0, 0.05) is 39.3 Å². The molecule has 4 atom stereocenters. The number of amides is 3. The van der Waals surface area contributed by atoms with Crippen LogP contribution >= 0.6 is 0 Å². The van der Waals surface area contributed by atoms with Gasteiger partial charge in [-0.2, -0.15) is 5.26 Å². The minimum atomic E-state index is -0.261. The number of hydrogen-bond donors (Lipinski definition) is 1. The largest absolute Gasteiger partial charge is 0.331 e. The minimum Gasteiger partial charge on any atom is -0.331 e. The summed E-state index contributed by atoms with van der Waals surface area (Å²) in [7, 11) is 3.59. The minimum absolute atomic E-state index is 0.0295. The van der Waals surface area contributed by atoms with Gasteiger partial charge in [-0.1, -0.05) is 20.8 Å². The molecule has 0 radical (unpaired) electrons. The fourth-order valence-electron chi connectivity index (χ4n) is 5.29. The molecule has 3 fully saturated rings. The zero-order chi connectivity index (χ0) is 21.1. The summed E-state index contributed by atoms with van der Waals surface area (Å²) in [5, 5.41) is 12.7. The van der Waals surface area contributed by atoms with E-state index in [-0.39, 0.29) is 35.5 Å². The number of likely N-dealkylation sites (tertiary alicyclic amines) is 2. The number of nitriles is 1. The molecule has 158 valence electrons. The summed E-state index contributed by atoms with van der Waals surface area (Å²) in [4.78, 5) is 30.1.